The standard InChI is InChI=1S/C28H34N2O4/c1-4-12-29(15-11-24-17-22-8-5-6-9-25(22)34-24)13-7-14-30-16-10-21-18-26(32-2)27(33-3)19-23(21)20-28(30)31/h4-6,8-9,17-19H,1,7,10-16,20H2,2-3H3. The van der Waals surface area contributed by atoms with Gasteiger partial charge in [-0.1, -0.05) is 24.3 Å². The molecule has 1 aliphatic rings. The van der Waals surface area contributed by atoms with Gasteiger partial charge >= 0.3 is 0 Å². The molecule has 180 valence electrons. The summed E-state index contributed by atoms with van der Waals surface area (Å²) in [7, 11) is 3.26. The Bertz CT molecular complexity index is 1100. The molecule has 1 amide bonds. The number of hydrogen-bond acceptors (Lipinski definition) is 5. The van der Waals surface area contributed by atoms with Gasteiger partial charge in [0.05, 0.1) is 20.6 Å². The molecule has 0 spiro atoms. The zero-order valence-electron chi connectivity index (χ0n) is 20.2. The molecule has 0 radical (unpaired) electrons. The van der Waals surface area contributed by atoms with Crippen LogP contribution in [0.25, 0.3) is 11.0 Å². The van der Waals surface area contributed by atoms with Crippen molar-refractivity contribution in [2.75, 3.05) is 46.9 Å². The maximum Gasteiger partial charge on any atom is 0.227 e. The van der Waals surface area contributed by atoms with Crippen LogP contribution in [0.1, 0.15) is 23.3 Å². The molecule has 34 heavy (non-hydrogen) atoms. The first-order chi connectivity index (χ1) is 16.6. The summed E-state index contributed by atoms with van der Waals surface area (Å²) in [4.78, 5) is 17.3. The summed E-state index contributed by atoms with van der Waals surface area (Å²) in [5, 5.41) is 1.14. The first-order valence-electron chi connectivity index (χ1n) is 11.9. The third-order valence-electron chi connectivity index (χ3n) is 6.49. The lowest BCUT2D eigenvalue weighted by Crippen LogP contribution is -2.36. The molecule has 0 saturated heterocycles. The van der Waals surface area contributed by atoms with E-state index in [1.54, 1.807) is 14.2 Å². The van der Waals surface area contributed by atoms with Gasteiger partial charge < -0.3 is 18.8 Å². The lowest BCUT2D eigenvalue weighted by atomic mass is 10.0. The van der Waals surface area contributed by atoms with E-state index in [-0.39, 0.29) is 5.91 Å². The summed E-state index contributed by atoms with van der Waals surface area (Å²) >= 11 is 0. The van der Waals surface area contributed by atoms with Crippen LogP contribution in [-0.2, 0) is 24.1 Å². The predicted octanol–water partition coefficient (Wildman–Crippen LogP) is 4.50. The second-order valence-electron chi connectivity index (χ2n) is 8.73. The Kier molecular flexibility index (Phi) is 7.91. The van der Waals surface area contributed by atoms with E-state index in [9.17, 15) is 4.79 Å². The number of benzene rings is 2. The highest BCUT2D eigenvalue weighted by Gasteiger charge is 2.22. The Morgan fingerprint density at radius 3 is 2.59 bits per heavy atom. The highest BCUT2D eigenvalue weighted by Crippen LogP contribution is 2.32. The number of nitrogens with zero attached hydrogens (tertiary/aromatic N) is 2. The van der Waals surface area contributed by atoms with Crippen LogP contribution in [0.3, 0.4) is 0 Å². The molecule has 0 bridgehead atoms. The fraction of sp³-hybridized carbons (Fsp3) is 0.393. The Hall–Kier alpha value is -3.25. The van der Waals surface area contributed by atoms with Gasteiger partial charge in [0.2, 0.25) is 5.91 Å². The smallest absolute Gasteiger partial charge is 0.227 e. The van der Waals surface area contributed by atoms with E-state index < -0.39 is 0 Å². The maximum atomic E-state index is 12.9. The number of fused-ring (bicyclic) bond motifs is 2. The van der Waals surface area contributed by atoms with Gasteiger partial charge in [-0.3, -0.25) is 9.69 Å². The first kappa shape index (κ1) is 23.9. The predicted molar refractivity (Wildman–Crippen MR) is 135 cm³/mol. The third kappa shape index (κ3) is 5.62. The quantitative estimate of drug-likeness (QED) is 0.393. The van der Waals surface area contributed by atoms with Crippen molar-refractivity contribution < 1.29 is 18.7 Å². The van der Waals surface area contributed by atoms with Gasteiger partial charge in [0.15, 0.2) is 11.5 Å². The van der Waals surface area contributed by atoms with Crippen molar-refractivity contribution in [3.63, 3.8) is 0 Å². The fourth-order valence-electron chi connectivity index (χ4n) is 4.64. The average molecular weight is 463 g/mol. The Morgan fingerprint density at radius 1 is 1.09 bits per heavy atom. The van der Waals surface area contributed by atoms with Crippen LogP contribution >= 0.6 is 0 Å². The van der Waals surface area contributed by atoms with Crippen LogP contribution in [0.5, 0.6) is 11.5 Å². The van der Waals surface area contributed by atoms with Crippen LogP contribution in [0.2, 0.25) is 0 Å². The zero-order valence-corrected chi connectivity index (χ0v) is 20.2. The molecule has 1 aromatic heterocycles. The topological polar surface area (TPSA) is 55.2 Å². The van der Waals surface area contributed by atoms with Crippen molar-refractivity contribution in [2.24, 2.45) is 0 Å². The molecule has 0 N–H and O–H groups in total. The molecule has 0 fully saturated rings. The molecule has 0 aliphatic carbocycles. The molecular weight excluding hydrogens is 428 g/mol. The van der Waals surface area contributed by atoms with Gasteiger partial charge in [-0.25, -0.2) is 0 Å². The normalized spacial score (nSPS) is 13.7. The van der Waals surface area contributed by atoms with Gasteiger partial charge in [-0.15, -0.1) is 6.58 Å². The number of rotatable bonds is 11. The monoisotopic (exact) mass is 462 g/mol. The Morgan fingerprint density at radius 2 is 1.85 bits per heavy atom. The molecule has 6 nitrogen and oxygen atoms in total. The van der Waals surface area contributed by atoms with Gasteiger partial charge in [0.25, 0.3) is 0 Å². The van der Waals surface area contributed by atoms with Crippen LogP contribution in [-0.4, -0.2) is 62.7 Å². The number of furan rings is 1. The number of para-hydroxylation sites is 1. The summed E-state index contributed by atoms with van der Waals surface area (Å²) in [6.07, 6.45) is 4.93. The number of methoxy groups -OCH3 is 2. The first-order valence-corrected chi connectivity index (χ1v) is 11.9. The minimum atomic E-state index is 0.170. The highest BCUT2D eigenvalue weighted by atomic mass is 16.5. The molecule has 2 heterocycles. The van der Waals surface area contributed by atoms with Crippen molar-refractivity contribution in [2.45, 2.75) is 25.7 Å². The van der Waals surface area contributed by atoms with Crippen molar-refractivity contribution in [3.05, 3.63) is 72.0 Å². The minimum absolute atomic E-state index is 0.170. The summed E-state index contributed by atoms with van der Waals surface area (Å²) in [5.74, 6) is 2.56. The van der Waals surface area contributed by atoms with Crippen molar-refractivity contribution in [3.8, 4) is 11.5 Å². The lowest BCUT2D eigenvalue weighted by Gasteiger charge is -2.24. The minimum Gasteiger partial charge on any atom is -0.493 e. The molecule has 0 saturated carbocycles. The number of hydrogen-bond donors (Lipinski definition) is 0. The molecule has 4 rings (SSSR count). The molecule has 0 atom stereocenters. The number of carbonyl (C=O) groups is 1. The summed E-state index contributed by atoms with van der Waals surface area (Å²) in [5.41, 5.74) is 3.13. The zero-order chi connectivity index (χ0) is 23.9. The largest absolute Gasteiger partial charge is 0.493 e. The fourth-order valence-corrected chi connectivity index (χ4v) is 4.64. The highest BCUT2D eigenvalue weighted by molar-refractivity contribution is 5.80. The lowest BCUT2D eigenvalue weighted by molar-refractivity contribution is -0.130. The molecular formula is C28H34N2O4. The summed E-state index contributed by atoms with van der Waals surface area (Å²) in [6, 6.07) is 14.2. The summed E-state index contributed by atoms with van der Waals surface area (Å²) in [6.45, 7) is 8.01. The molecule has 2 aromatic carbocycles. The van der Waals surface area contributed by atoms with E-state index in [1.807, 2.05) is 41.3 Å². The Labute approximate surface area is 201 Å². The Balaban J connectivity index is 1.30. The third-order valence-corrected chi connectivity index (χ3v) is 6.49. The van der Waals surface area contributed by atoms with E-state index >= 15 is 0 Å². The molecule has 3 aromatic rings. The van der Waals surface area contributed by atoms with E-state index in [4.69, 9.17) is 13.9 Å². The summed E-state index contributed by atoms with van der Waals surface area (Å²) < 4.78 is 16.8. The maximum absolute atomic E-state index is 12.9. The van der Waals surface area contributed by atoms with Gasteiger partial charge in [-0.05, 0) is 48.2 Å². The number of amides is 1. The molecule has 6 heteroatoms. The second-order valence-corrected chi connectivity index (χ2v) is 8.73. The second kappa shape index (κ2) is 11.3. The molecule has 0 unspecified atom stereocenters. The van der Waals surface area contributed by atoms with Crippen LogP contribution in [0, 0.1) is 0 Å². The molecule has 1 aliphatic heterocycles. The average Bonchev–Trinajstić information content (AvgIpc) is 3.20. The van der Waals surface area contributed by atoms with Crippen LogP contribution in [0.4, 0.5) is 0 Å². The van der Waals surface area contributed by atoms with E-state index in [1.165, 1.54) is 0 Å². The number of carbonyl (C=O) groups excluding carboxylic acids is 1. The van der Waals surface area contributed by atoms with Gasteiger partial charge in [-0.2, -0.15) is 0 Å². The van der Waals surface area contributed by atoms with Crippen molar-refractivity contribution >= 4 is 16.9 Å². The van der Waals surface area contributed by atoms with Crippen molar-refractivity contribution in [1.29, 1.82) is 0 Å². The van der Waals surface area contributed by atoms with E-state index in [0.717, 1.165) is 79.8 Å². The van der Waals surface area contributed by atoms with E-state index in [0.29, 0.717) is 17.9 Å². The van der Waals surface area contributed by atoms with E-state index in [2.05, 4.69) is 23.6 Å². The van der Waals surface area contributed by atoms with Crippen molar-refractivity contribution in [1.82, 2.24) is 9.80 Å². The van der Waals surface area contributed by atoms with Gasteiger partial charge in [0.1, 0.15) is 11.3 Å². The number of ether oxygens (including phenoxy) is 2. The van der Waals surface area contributed by atoms with Crippen LogP contribution < -0.4 is 9.47 Å². The van der Waals surface area contributed by atoms with Crippen LogP contribution in [0.15, 0.2) is 59.5 Å². The van der Waals surface area contributed by atoms with Gasteiger partial charge in [0, 0.05) is 44.5 Å². The SMILES string of the molecule is C=CCN(CCCN1CCc2cc(OC)c(OC)cc2CC1=O)CCc1cc2ccccc2o1.